The van der Waals surface area contributed by atoms with Gasteiger partial charge in [0, 0.05) is 24.1 Å². The van der Waals surface area contributed by atoms with Gasteiger partial charge in [0.1, 0.15) is 5.82 Å². The van der Waals surface area contributed by atoms with Crippen molar-refractivity contribution < 1.29 is 14.3 Å². The summed E-state index contributed by atoms with van der Waals surface area (Å²) in [4.78, 5) is 15.2. The van der Waals surface area contributed by atoms with Crippen molar-refractivity contribution >= 4 is 16.9 Å². The Labute approximate surface area is 114 Å². The number of carboxylic acids is 1. The average molecular weight is 270 g/mol. The lowest BCUT2D eigenvalue weighted by molar-refractivity contribution is 0.0697. The van der Waals surface area contributed by atoms with E-state index in [1.807, 2.05) is 11.6 Å². The van der Waals surface area contributed by atoms with Crippen molar-refractivity contribution in [3.05, 3.63) is 54.0 Å². The Kier molecular flexibility index (Phi) is 2.75. The number of rotatable bonds is 2. The Hall–Kier alpha value is -2.69. The molecule has 20 heavy (non-hydrogen) atoms. The van der Waals surface area contributed by atoms with Crippen molar-refractivity contribution in [2.24, 2.45) is 7.05 Å². The Morgan fingerprint density at radius 2 is 2.05 bits per heavy atom. The highest BCUT2D eigenvalue weighted by Crippen LogP contribution is 2.26. The van der Waals surface area contributed by atoms with Crippen LogP contribution in [0.3, 0.4) is 0 Å². The van der Waals surface area contributed by atoms with E-state index in [0.717, 1.165) is 16.6 Å². The molecular formula is C15H11FN2O2. The highest BCUT2D eigenvalue weighted by Gasteiger charge is 2.11. The van der Waals surface area contributed by atoms with E-state index in [9.17, 15) is 9.18 Å². The predicted molar refractivity (Wildman–Crippen MR) is 73.1 cm³/mol. The van der Waals surface area contributed by atoms with Crippen molar-refractivity contribution in [2.75, 3.05) is 0 Å². The number of carbonyl (C=O) groups is 1. The van der Waals surface area contributed by atoms with Crippen LogP contribution in [0.2, 0.25) is 0 Å². The minimum atomic E-state index is -1.00. The van der Waals surface area contributed by atoms with Gasteiger partial charge in [-0.1, -0.05) is 0 Å². The SMILES string of the molecule is Cn1c(-c2cc(C(=O)O)ccn2)cc2cc(F)ccc21. The first kappa shape index (κ1) is 12.3. The summed E-state index contributed by atoms with van der Waals surface area (Å²) in [7, 11) is 1.84. The quantitative estimate of drug-likeness (QED) is 0.778. The number of pyridine rings is 1. The van der Waals surface area contributed by atoms with Crippen LogP contribution in [0.25, 0.3) is 22.3 Å². The molecule has 5 heteroatoms. The molecule has 4 nitrogen and oxygen atoms in total. The summed E-state index contributed by atoms with van der Waals surface area (Å²) < 4.78 is 15.1. The predicted octanol–water partition coefficient (Wildman–Crippen LogP) is 3.08. The average Bonchev–Trinajstić information content (AvgIpc) is 2.75. The summed E-state index contributed by atoms with van der Waals surface area (Å²) in [6, 6.07) is 9.27. The fraction of sp³-hybridized carbons (Fsp3) is 0.0667. The monoisotopic (exact) mass is 270 g/mol. The van der Waals surface area contributed by atoms with Crippen LogP contribution < -0.4 is 0 Å². The lowest BCUT2D eigenvalue weighted by Gasteiger charge is -2.04. The van der Waals surface area contributed by atoms with E-state index in [1.54, 1.807) is 12.1 Å². The van der Waals surface area contributed by atoms with Gasteiger partial charge in [0.05, 0.1) is 17.0 Å². The van der Waals surface area contributed by atoms with Crippen molar-refractivity contribution in [1.29, 1.82) is 0 Å². The van der Waals surface area contributed by atoms with Gasteiger partial charge < -0.3 is 9.67 Å². The maximum Gasteiger partial charge on any atom is 0.335 e. The molecule has 3 rings (SSSR count). The largest absolute Gasteiger partial charge is 0.478 e. The molecule has 1 aromatic carbocycles. The van der Waals surface area contributed by atoms with E-state index < -0.39 is 5.97 Å². The van der Waals surface area contributed by atoms with Crippen molar-refractivity contribution in [3.63, 3.8) is 0 Å². The highest BCUT2D eigenvalue weighted by molar-refractivity contribution is 5.90. The first-order valence-electron chi connectivity index (χ1n) is 6.01. The number of fused-ring (bicyclic) bond motifs is 1. The van der Waals surface area contributed by atoms with Gasteiger partial charge in [-0.15, -0.1) is 0 Å². The maximum absolute atomic E-state index is 13.2. The molecule has 0 spiro atoms. The van der Waals surface area contributed by atoms with Crippen molar-refractivity contribution in [2.45, 2.75) is 0 Å². The summed E-state index contributed by atoms with van der Waals surface area (Å²) in [5.41, 5.74) is 2.33. The summed E-state index contributed by atoms with van der Waals surface area (Å²) in [5.74, 6) is -1.31. The fourth-order valence-corrected chi connectivity index (χ4v) is 2.27. The highest BCUT2D eigenvalue weighted by atomic mass is 19.1. The third-order valence-electron chi connectivity index (χ3n) is 3.27. The molecule has 0 atom stereocenters. The number of aromatic carboxylic acids is 1. The van der Waals surface area contributed by atoms with Gasteiger partial charge in [-0.2, -0.15) is 0 Å². The molecule has 2 aromatic heterocycles. The normalized spacial score (nSPS) is 10.9. The van der Waals surface area contributed by atoms with E-state index in [0.29, 0.717) is 5.69 Å². The van der Waals surface area contributed by atoms with Gasteiger partial charge in [-0.05, 0) is 36.4 Å². The minimum Gasteiger partial charge on any atom is -0.478 e. The molecule has 0 aliphatic heterocycles. The molecule has 3 aromatic rings. The molecule has 2 heterocycles. The molecular weight excluding hydrogens is 259 g/mol. The first-order valence-corrected chi connectivity index (χ1v) is 6.01. The van der Waals surface area contributed by atoms with Gasteiger partial charge in [0.2, 0.25) is 0 Å². The number of benzene rings is 1. The fourth-order valence-electron chi connectivity index (χ4n) is 2.27. The summed E-state index contributed by atoms with van der Waals surface area (Å²) >= 11 is 0. The van der Waals surface area contributed by atoms with E-state index in [2.05, 4.69) is 4.98 Å². The van der Waals surface area contributed by atoms with Gasteiger partial charge in [-0.3, -0.25) is 4.98 Å². The van der Waals surface area contributed by atoms with Gasteiger partial charge in [0.25, 0.3) is 0 Å². The second kappa shape index (κ2) is 4.45. The number of carboxylic acid groups (broad SMARTS) is 1. The van der Waals surface area contributed by atoms with Crippen LogP contribution >= 0.6 is 0 Å². The van der Waals surface area contributed by atoms with Crippen LogP contribution in [0.4, 0.5) is 4.39 Å². The lowest BCUT2D eigenvalue weighted by Crippen LogP contribution is -1.99. The Morgan fingerprint density at radius 1 is 1.25 bits per heavy atom. The number of hydrogen-bond donors (Lipinski definition) is 1. The molecule has 0 saturated carbocycles. The topological polar surface area (TPSA) is 55.1 Å². The van der Waals surface area contributed by atoms with Crippen LogP contribution in [0.5, 0.6) is 0 Å². The maximum atomic E-state index is 13.2. The number of hydrogen-bond acceptors (Lipinski definition) is 2. The van der Waals surface area contributed by atoms with Crippen LogP contribution in [0, 0.1) is 5.82 Å². The third kappa shape index (κ3) is 1.93. The van der Waals surface area contributed by atoms with Gasteiger partial charge >= 0.3 is 5.97 Å². The zero-order valence-electron chi connectivity index (χ0n) is 10.7. The number of aryl methyl sites for hydroxylation is 1. The van der Waals surface area contributed by atoms with Crippen molar-refractivity contribution in [3.8, 4) is 11.4 Å². The second-order valence-corrected chi connectivity index (χ2v) is 4.53. The van der Waals surface area contributed by atoms with E-state index in [4.69, 9.17) is 5.11 Å². The van der Waals surface area contributed by atoms with E-state index in [1.165, 1.54) is 30.5 Å². The molecule has 100 valence electrons. The lowest BCUT2D eigenvalue weighted by atomic mass is 10.2. The molecule has 1 N–H and O–H groups in total. The van der Waals surface area contributed by atoms with Gasteiger partial charge in [-0.25, -0.2) is 9.18 Å². The minimum absolute atomic E-state index is 0.173. The van der Waals surface area contributed by atoms with Gasteiger partial charge in [0.15, 0.2) is 0 Å². The van der Waals surface area contributed by atoms with E-state index in [-0.39, 0.29) is 11.4 Å². The van der Waals surface area contributed by atoms with Crippen molar-refractivity contribution in [1.82, 2.24) is 9.55 Å². The van der Waals surface area contributed by atoms with E-state index >= 15 is 0 Å². The Morgan fingerprint density at radius 3 is 2.80 bits per heavy atom. The molecule has 0 unspecified atom stereocenters. The molecule has 0 aliphatic carbocycles. The zero-order chi connectivity index (χ0) is 14.3. The van der Waals surface area contributed by atoms with Crippen LogP contribution in [0.1, 0.15) is 10.4 Å². The molecule has 0 amide bonds. The zero-order valence-corrected chi connectivity index (χ0v) is 10.7. The summed E-state index contributed by atoms with van der Waals surface area (Å²) in [6.45, 7) is 0. The molecule has 0 saturated heterocycles. The molecule has 0 aliphatic rings. The summed E-state index contributed by atoms with van der Waals surface area (Å²) in [6.07, 6.45) is 1.46. The summed E-state index contributed by atoms with van der Waals surface area (Å²) in [5, 5.41) is 9.77. The second-order valence-electron chi connectivity index (χ2n) is 4.53. The smallest absolute Gasteiger partial charge is 0.335 e. The van der Waals surface area contributed by atoms with Crippen LogP contribution in [0.15, 0.2) is 42.6 Å². The molecule has 0 fully saturated rings. The molecule has 0 radical (unpaired) electrons. The third-order valence-corrected chi connectivity index (χ3v) is 3.27. The Bertz CT molecular complexity index is 824. The first-order chi connectivity index (χ1) is 9.56. The number of nitrogens with zero attached hydrogens (tertiary/aromatic N) is 2. The number of halogens is 1. The van der Waals surface area contributed by atoms with Crippen LogP contribution in [-0.2, 0) is 7.05 Å². The number of aromatic nitrogens is 2. The Balaban J connectivity index is 2.21. The molecule has 0 bridgehead atoms. The van der Waals surface area contributed by atoms with Crippen LogP contribution in [-0.4, -0.2) is 20.6 Å². The standard InChI is InChI=1S/C15H11FN2O2/c1-18-13-3-2-11(16)6-10(13)8-14(18)12-7-9(15(19)20)4-5-17-12/h2-8H,1H3,(H,19,20).